The van der Waals surface area contributed by atoms with Gasteiger partial charge in [0.1, 0.15) is 0 Å². The Hall–Kier alpha value is -0.580. The van der Waals surface area contributed by atoms with Crippen LogP contribution < -0.4 is 10.2 Å². The van der Waals surface area contributed by atoms with Gasteiger partial charge in [0.25, 0.3) is 0 Å². The first kappa shape index (κ1) is 15.3. The summed E-state index contributed by atoms with van der Waals surface area (Å²) in [6.07, 6.45) is 2.68. The predicted octanol–water partition coefficient (Wildman–Crippen LogP) is 3.23. The number of hydrogen-bond acceptors (Lipinski definition) is 3. The van der Waals surface area contributed by atoms with E-state index in [0.717, 1.165) is 25.7 Å². The van der Waals surface area contributed by atoms with Crippen molar-refractivity contribution in [3.8, 4) is 0 Å². The van der Waals surface area contributed by atoms with E-state index >= 15 is 0 Å². The largest absolute Gasteiger partial charge is 0.368 e. The Kier molecular flexibility index (Phi) is 4.57. The lowest BCUT2D eigenvalue weighted by Gasteiger charge is -2.43. The second kappa shape index (κ2) is 6.27. The van der Waals surface area contributed by atoms with Gasteiger partial charge >= 0.3 is 0 Å². The molecule has 1 saturated heterocycles. The summed E-state index contributed by atoms with van der Waals surface area (Å²) in [7, 11) is 2.23. The number of nitrogens with zero attached hydrogens (tertiary/aromatic N) is 2. The van der Waals surface area contributed by atoms with Crippen molar-refractivity contribution in [2.75, 3.05) is 25.0 Å². The highest BCUT2D eigenvalue weighted by atomic mass is 79.9. The topological polar surface area (TPSA) is 18.5 Å². The van der Waals surface area contributed by atoms with Crippen LogP contribution in [-0.4, -0.2) is 43.2 Å². The molecule has 2 atom stereocenters. The van der Waals surface area contributed by atoms with E-state index in [4.69, 9.17) is 0 Å². The van der Waals surface area contributed by atoms with Crippen molar-refractivity contribution in [3.05, 3.63) is 28.2 Å². The molecule has 1 aromatic rings. The van der Waals surface area contributed by atoms with Crippen molar-refractivity contribution in [1.82, 2.24) is 10.2 Å². The molecule has 3 rings (SSSR count). The molecule has 0 aromatic heterocycles. The SMILES string of the molecule is CC1CN(c2ccc(CNC3CC3)c(Br)c2)CC(C)N1C. The van der Waals surface area contributed by atoms with E-state index in [0.29, 0.717) is 12.1 Å². The van der Waals surface area contributed by atoms with Crippen molar-refractivity contribution < 1.29 is 0 Å². The highest BCUT2D eigenvalue weighted by Crippen LogP contribution is 2.28. The minimum absolute atomic E-state index is 0.601. The number of rotatable bonds is 4. The molecule has 0 radical (unpaired) electrons. The van der Waals surface area contributed by atoms with Gasteiger partial charge in [0.05, 0.1) is 0 Å². The van der Waals surface area contributed by atoms with E-state index in [9.17, 15) is 0 Å². The maximum absolute atomic E-state index is 3.75. The smallest absolute Gasteiger partial charge is 0.0378 e. The molecule has 21 heavy (non-hydrogen) atoms. The zero-order valence-electron chi connectivity index (χ0n) is 13.3. The third-order valence-corrected chi connectivity index (χ3v) is 5.66. The molecule has 2 fully saturated rings. The number of likely N-dealkylation sites (N-methyl/N-ethyl adjacent to an activating group) is 1. The number of piperazine rings is 1. The standard InChI is InChI=1S/C17H26BrN3/c1-12-10-21(11-13(2)20(12)3)16-7-4-14(17(18)8-16)9-19-15-5-6-15/h4,7-8,12-13,15,19H,5-6,9-11H2,1-3H3. The predicted molar refractivity (Wildman–Crippen MR) is 92.9 cm³/mol. The molecule has 3 nitrogen and oxygen atoms in total. The van der Waals surface area contributed by atoms with E-state index in [1.165, 1.54) is 28.6 Å². The van der Waals surface area contributed by atoms with Crippen LogP contribution in [0.3, 0.4) is 0 Å². The maximum Gasteiger partial charge on any atom is 0.0378 e. The summed E-state index contributed by atoms with van der Waals surface area (Å²) >= 11 is 3.75. The Morgan fingerprint density at radius 1 is 1.19 bits per heavy atom. The first-order valence-corrected chi connectivity index (χ1v) is 8.82. The molecule has 1 saturated carbocycles. The van der Waals surface area contributed by atoms with E-state index in [1.807, 2.05) is 0 Å². The van der Waals surface area contributed by atoms with Crippen LogP contribution in [0, 0.1) is 0 Å². The van der Waals surface area contributed by atoms with Crippen molar-refractivity contribution >= 4 is 21.6 Å². The quantitative estimate of drug-likeness (QED) is 0.898. The molecule has 1 aliphatic carbocycles. The number of nitrogens with one attached hydrogen (secondary N) is 1. The molecular formula is C17H26BrN3. The Morgan fingerprint density at radius 3 is 2.43 bits per heavy atom. The summed E-state index contributed by atoms with van der Waals surface area (Å²) in [6.45, 7) is 7.80. The van der Waals surface area contributed by atoms with Crippen LogP contribution in [0.25, 0.3) is 0 Å². The van der Waals surface area contributed by atoms with Crippen LogP contribution in [-0.2, 0) is 6.54 Å². The van der Waals surface area contributed by atoms with E-state index in [1.54, 1.807) is 0 Å². The van der Waals surface area contributed by atoms with Crippen LogP contribution in [0.5, 0.6) is 0 Å². The van der Waals surface area contributed by atoms with Crippen molar-refractivity contribution in [2.45, 2.75) is 51.4 Å². The van der Waals surface area contributed by atoms with Crippen LogP contribution in [0.15, 0.2) is 22.7 Å². The van der Waals surface area contributed by atoms with Gasteiger partial charge in [-0.3, -0.25) is 4.90 Å². The second-order valence-electron chi connectivity index (χ2n) is 6.70. The zero-order valence-corrected chi connectivity index (χ0v) is 14.9. The zero-order chi connectivity index (χ0) is 15.0. The van der Waals surface area contributed by atoms with Crippen LogP contribution in [0.1, 0.15) is 32.3 Å². The second-order valence-corrected chi connectivity index (χ2v) is 7.55. The van der Waals surface area contributed by atoms with Crippen molar-refractivity contribution in [1.29, 1.82) is 0 Å². The summed E-state index contributed by atoms with van der Waals surface area (Å²) in [5.74, 6) is 0. The number of anilines is 1. The van der Waals surface area contributed by atoms with E-state index < -0.39 is 0 Å². The number of hydrogen-bond donors (Lipinski definition) is 1. The minimum atomic E-state index is 0.601. The lowest BCUT2D eigenvalue weighted by molar-refractivity contribution is 0.170. The normalized spacial score (nSPS) is 27.1. The molecular weight excluding hydrogens is 326 g/mol. The summed E-state index contributed by atoms with van der Waals surface area (Å²) in [6, 6.07) is 8.79. The molecule has 0 spiro atoms. The summed E-state index contributed by atoms with van der Waals surface area (Å²) in [5, 5.41) is 3.58. The fraction of sp³-hybridized carbons (Fsp3) is 0.647. The van der Waals surface area contributed by atoms with Gasteiger partial charge in [-0.2, -0.15) is 0 Å². The molecule has 4 heteroatoms. The average molecular weight is 352 g/mol. The minimum Gasteiger partial charge on any atom is -0.368 e. The number of halogens is 1. The molecule has 116 valence electrons. The average Bonchev–Trinajstić information content (AvgIpc) is 3.27. The lowest BCUT2D eigenvalue weighted by Crippen LogP contribution is -2.55. The third-order valence-electron chi connectivity index (χ3n) is 4.92. The molecule has 2 aliphatic rings. The highest BCUT2D eigenvalue weighted by molar-refractivity contribution is 9.10. The van der Waals surface area contributed by atoms with Gasteiger partial charge in [0.15, 0.2) is 0 Å². The molecule has 1 heterocycles. The van der Waals surface area contributed by atoms with Crippen LogP contribution in [0.2, 0.25) is 0 Å². The van der Waals surface area contributed by atoms with E-state index in [2.05, 4.69) is 70.1 Å². The van der Waals surface area contributed by atoms with E-state index in [-0.39, 0.29) is 0 Å². The Bertz CT molecular complexity index is 489. The Balaban J connectivity index is 1.69. The lowest BCUT2D eigenvalue weighted by atomic mass is 10.1. The summed E-state index contributed by atoms with van der Waals surface area (Å²) < 4.78 is 1.23. The highest BCUT2D eigenvalue weighted by Gasteiger charge is 2.27. The maximum atomic E-state index is 3.75. The van der Waals surface area contributed by atoms with Gasteiger partial charge < -0.3 is 10.2 Å². The summed E-state index contributed by atoms with van der Waals surface area (Å²) in [5.41, 5.74) is 2.70. The van der Waals surface area contributed by atoms with Gasteiger partial charge in [-0.05, 0) is 51.4 Å². The van der Waals surface area contributed by atoms with Gasteiger partial charge in [0.2, 0.25) is 0 Å². The fourth-order valence-electron chi connectivity index (χ4n) is 3.03. The van der Waals surface area contributed by atoms with Gasteiger partial charge in [-0.15, -0.1) is 0 Å². The molecule has 1 aliphatic heterocycles. The fourth-order valence-corrected chi connectivity index (χ4v) is 3.54. The first-order chi connectivity index (χ1) is 10.0. The van der Waals surface area contributed by atoms with Gasteiger partial charge in [-0.25, -0.2) is 0 Å². The molecule has 0 amide bonds. The monoisotopic (exact) mass is 351 g/mol. The molecule has 0 bridgehead atoms. The molecule has 2 unspecified atom stereocenters. The van der Waals surface area contributed by atoms with Crippen LogP contribution >= 0.6 is 15.9 Å². The first-order valence-electron chi connectivity index (χ1n) is 8.03. The third kappa shape index (κ3) is 3.61. The van der Waals surface area contributed by atoms with Crippen molar-refractivity contribution in [2.24, 2.45) is 0 Å². The van der Waals surface area contributed by atoms with Gasteiger partial charge in [-0.1, -0.05) is 22.0 Å². The molecule has 1 aromatic carbocycles. The summed E-state index contributed by atoms with van der Waals surface area (Å²) in [4.78, 5) is 4.98. The van der Waals surface area contributed by atoms with Gasteiger partial charge in [0, 0.05) is 47.9 Å². The Labute approximate surface area is 136 Å². The number of benzene rings is 1. The Morgan fingerprint density at radius 2 is 1.86 bits per heavy atom. The van der Waals surface area contributed by atoms with Crippen LogP contribution in [0.4, 0.5) is 5.69 Å². The van der Waals surface area contributed by atoms with Crippen molar-refractivity contribution in [3.63, 3.8) is 0 Å². The molecule has 1 N–H and O–H groups in total.